The second kappa shape index (κ2) is 5.88. The average molecular weight is 356 g/mol. The highest BCUT2D eigenvalue weighted by molar-refractivity contribution is 9.10. The third-order valence-corrected chi connectivity index (χ3v) is 4.57. The van der Waals surface area contributed by atoms with Gasteiger partial charge in [0.05, 0.1) is 9.40 Å². The molecule has 20 heavy (non-hydrogen) atoms. The number of hydrogen-bond donors (Lipinski definition) is 1. The van der Waals surface area contributed by atoms with Gasteiger partial charge in [-0.1, -0.05) is 0 Å². The fourth-order valence-electron chi connectivity index (χ4n) is 2.08. The Morgan fingerprint density at radius 1 is 1.45 bits per heavy atom. The van der Waals surface area contributed by atoms with Crippen molar-refractivity contribution in [3.05, 3.63) is 48.4 Å². The van der Waals surface area contributed by atoms with Gasteiger partial charge in [0.1, 0.15) is 11.9 Å². The van der Waals surface area contributed by atoms with Crippen molar-refractivity contribution in [3.8, 4) is 0 Å². The minimum absolute atomic E-state index is 0.0163. The summed E-state index contributed by atoms with van der Waals surface area (Å²) in [5.41, 5.74) is 1.59. The summed E-state index contributed by atoms with van der Waals surface area (Å²) in [5, 5.41) is 14.3. The van der Waals surface area contributed by atoms with E-state index in [1.165, 1.54) is 16.0 Å². The van der Waals surface area contributed by atoms with Crippen molar-refractivity contribution >= 4 is 38.6 Å². The quantitative estimate of drug-likeness (QED) is 0.642. The van der Waals surface area contributed by atoms with Crippen LogP contribution in [0.5, 0.6) is 0 Å². The normalized spacial score (nSPS) is 12.2. The van der Waals surface area contributed by atoms with Crippen molar-refractivity contribution in [3.63, 3.8) is 0 Å². The van der Waals surface area contributed by atoms with E-state index in [0.717, 1.165) is 5.56 Å². The Kier molecular flexibility index (Phi) is 4.39. The van der Waals surface area contributed by atoms with E-state index in [-0.39, 0.29) is 11.7 Å². The summed E-state index contributed by atoms with van der Waals surface area (Å²) in [5.74, 6) is 0. The second-order valence-electron chi connectivity index (χ2n) is 4.51. The van der Waals surface area contributed by atoms with Crippen LogP contribution in [0.3, 0.4) is 0 Å². The lowest BCUT2D eigenvalue weighted by atomic mass is 10.1. The van der Waals surface area contributed by atoms with Crippen molar-refractivity contribution < 1.29 is 4.92 Å². The third-order valence-electron chi connectivity index (χ3n) is 2.98. The Morgan fingerprint density at radius 2 is 2.15 bits per heavy atom. The number of aromatic nitrogens is 1. The first-order valence-corrected chi connectivity index (χ1v) is 7.62. The molecule has 0 aromatic carbocycles. The molecule has 5 nitrogen and oxygen atoms in total. The molecule has 0 fully saturated rings. The standard InChI is InChI=1S/C13H14BrN3O2S/c1-7-4-10(9(3)20-7)8(2)16-13-11(14)5-15-6-12(13)17(18)19/h4-6,8H,1-3H3,(H,15,16). The van der Waals surface area contributed by atoms with Gasteiger partial charge in [0, 0.05) is 22.0 Å². The number of nitrogens with one attached hydrogen (secondary N) is 1. The van der Waals surface area contributed by atoms with E-state index in [9.17, 15) is 10.1 Å². The number of rotatable bonds is 4. The summed E-state index contributed by atoms with van der Waals surface area (Å²) in [7, 11) is 0. The van der Waals surface area contributed by atoms with Crippen LogP contribution in [0.15, 0.2) is 22.9 Å². The zero-order valence-corrected chi connectivity index (χ0v) is 13.7. The van der Waals surface area contributed by atoms with Crippen LogP contribution in [0.4, 0.5) is 11.4 Å². The van der Waals surface area contributed by atoms with E-state index in [1.807, 2.05) is 6.92 Å². The molecule has 2 aromatic rings. The van der Waals surface area contributed by atoms with Gasteiger partial charge < -0.3 is 5.32 Å². The molecule has 2 aromatic heterocycles. The Balaban J connectivity index is 2.35. The van der Waals surface area contributed by atoms with Gasteiger partial charge in [-0.05, 0) is 48.3 Å². The van der Waals surface area contributed by atoms with Crippen LogP contribution in [0.25, 0.3) is 0 Å². The van der Waals surface area contributed by atoms with Crippen molar-refractivity contribution in [2.45, 2.75) is 26.8 Å². The summed E-state index contributed by atoms with van der Waals surface area (Å²) >= 11 is 5.04. The molecule has 0 bridgehead atoms. The van der Waals surface area contributed by atoms with E-state index < -0.39 is 4.92 Å². The summed E-state index contributed by atoms with van der Waals surface area (Å²) < 4.78 is 0.586. The molecule has 7 heteroatoms. The van der Waals surface area contributed by atoms with E-state index in [4.69, 9.17) is 0 Å². The molecule has 1 N–H and O–H groups in total. The molecule has 0 aliphatic carbocycles. The van der Waals surface area contributed by atoms with Crippen molar-refractivity contribution in [2.75, 3.05) is 5.32 Å². The average Bonchev–Trinajstić information content (AvgIpc) is 2.70. The van der Waals surface area contributed by atoms with Crippen molar-refractivity contribution in [2.24, 2.45) is 0 Å². The third kappa shape index (κ3) is 2.99. The number of aryl methyl sites for hydroxylation is 2. The predicted molar refractivity (Wildman–Crippen MR) is 84.4 cm³/mol. The molecule has 1 unspecified atom stereocenters. The second-order valence-corrected chi connectivity index (χ2v) is 6.82. The van der Waals surface area contributed by atoms with Gasteiger partial charge in [-0.25, -0.2) is 0 Å². The first kappa shape index (κ1) is 14.9. The molecule has 0 aliphatic heterocycles. The largest absolute Gasteiger partial charge is 0.372 e. The lowest BCUT2D eigenvalue weighted by Gasteiger charge is -2.16. The first-order chi connectivity index (χ1) is 9.40. The fraction of sp³-hybridized carbons (Fsp3) is 0.308. The minimum atomic E-state index is -0.432. The van der Waals surface area contributed by atoms with Gasteiger partial charge in [0.25, 0.3) is 0 Å². The number of nitro groups is 1. The van der Waals surface area contributed by atoms with Crippen molar-refractivity contribution in [1.82, 2.24) is 4.98 Å². The van der Waals surface area contributed by atoms with E-state index in [2.05, 4.69) is 46.1 Å². The molecule has 0 saturated carbocycles. The van der Waals surface area contributed by atoms with Crippen LogP contribution in [0.1, 0.15) is 28.3 Å². The molecular weight excluding hydrogens is 342 g/mol. The molecule has 106 valence electrons. The summed E-state index contributed by atoms with van der Waals surface area (Å²) in [4.78, 5) is 16.9. The van der Waals surface area contributed by atoms with E-state index in [0.29, 0.717) is 10.2 Å². The predicted octanol–water partition coefficient (Wildman–Crippen LogP) is 4.60. The number of nitrogens with zero attached hydrogens (tertiary/aromatic N) is 2. The van der Waals surface area contributed by atoms with Gasteiger partial charge in [0.15, 0.2) is 0 Å². The highest BCUT2D eigenvalue weighted by Crippen LogP contribution is 2.35. The Bertz CT molecular complexity index is 657. The van der Waals surface area contributed by atoms with Gasteiger partial charge in [-0.15, -0.1) is 11.3 Å². The molecule has 0 radical (unpaired) electrons. The molecular formula is C13H14BrN3O2S. The summed E-state index contributed by atoms with van der Waals surface area (Å²) in [6, 6.07) is 2.09. The molecule has 2 rings (SSSR count). The van der Waals surface area contributed by atoms with E-state index in [1.54, 1.807) is 17.5 Å². The highest BCUT2D eigenvalue weighted by Gasteiger charge is 2.20. The van der Waals surface area contributed by atoms with Crippen LogP contribution >= 0.6 is 27.3 Å². The Hall–Kier alpha value is -1.47. The monoisotopic (exact) mass is 355 g/mol. The maximum atomic E-state index is 11.1. The first-order valence-electron chi connectivity index (χ1n) is 6.01. The lowest BCUT2D eigenvalue weighted by Crippen LogP contribution is -2.09. The maximum absolute atomic E-state index is 11.1. The van der Waals surface area contributed by atoms with Crippen LogP contribution in [-0.4, -0.2) is 9.91 Å². The van der Waals surface area contributed by atoms with Crippen LogP contribution in [-0.2, 0) is 0 Å². The van der Waals surface area contributed by atoms with Gasteiger partial charge >= 0.3 is 5.69 Å². The van der Waals surface area contributed by atoms with Gasteiger partial charge in [-0.2, -0.15) is 0 Å². The molecule has 2 heterocycles. The topological polar surface area (TPSA) is 68.1 Å². The zero-order chi connectivity index (χ0) is 14.9. The Morgan fingerprint density at radius 3 is 2.70 bits per heavy atom. The van der Waals surface area contributed by atoms with Gasteiger partial charge in [-0.3, -0.25) is 15.1 Å². The van der Waals surface area contributed by atoms with Gasteiger partial charge in [0.2, 0.25) is 0 Å². The molecule has 0 amide bonds. The SMILES string of the molecule is Cc1cc(C(C)Nc2c(Br)cncc2[N+](=O)[O-])c(C)s1. The number of thiophene rings is 1. The highest BCUT2D eigenvalue weighted by atomic mass is 79.9. The van der Waals surface area contributed by atoms with Crippen LogP contribution < -0.4 is 5.32 Å². The van der Waals surface area contributed by atoms with Crippen LogP contribution in [0, 0.1) is 24.0 Å². The summed E-state index contributed by atoms with van der Waals surface area (Å²) in [6.07, 6.45) is 2.80. The molecule has 0 spiro atoms. The zero-order valence-electron chi connectivity index (χ0n) is 11.3. The van der Waals surface area contributed by atoms with E-state index >= 15 is 0 Å². The maximum Gasteiger partial charge on any atom is 0.311 e. The van der Waals surface area contributed by atoms with Crippen LogP contribution in [0.2, 0.25) is 0 Å². The molecule has 0 saturated heterocycles. The summed E-state index contributed by atoms with van der Waals surface area (Å²) in [6.45, 7) is 6.10. The number of anilines is 1. The molecule has 0 aliphatic rings. The number of hydrogen-bond acceptors (Lipinski definition) is 5. The smallest absolute Gasteiger partial charge is 0.311 e. The number of pyridine rings is 1. The minimum Gasteiger partial charge on any atom is -0.372 e. The Labute approximate surface area is 129 Å². The fourth-order valence-corrected chi connectivity index (χ4v) is 3.54. The number of halogens is 1. The lowest BCUT2D eigenvalue weighted by molar-refractivity contribution is -0.384. The van der Waals surface area contributed by atoms with Crippen molar-refractivity contribution in [1.29, 1.82) is 0 Å². The molecule has 1 atom stereocenters.